The van der Waals surface area contributed by atoms with Crippen molar-refractivity contribution in [1.29, 1.82) is 0 Å². The van der Waals surface area contributed by atoms with E-state index in [-0.39, 0.29) is 18.0 Å². The highest BCUT2D eigenvalue weighted by molar-refractivity contribution is 7.92. The summed E-state index contributed by atoms with van der Waals surface area (Å²) in [7, 11) is -3.99. The Kier molecular flexibility index (Phi) is 7.77. The van der Waals surface area contributed by atoms with Crippen LogP contribution in [0.2, 0.25) is 5.02 Å². The third kappa shape index (κ3) is 5.81. The van der Waals surface area contributed by atoms with Crippen molar-refractivity contribution >= 4 is 33.2 Å². The number of hydrogen-bond acceptors (Lipinski definition) is 4. The molecule has 3 rings (SSSR count). The molecular formula is C24H25ClN2O4S. The smallest absolute Gasteiger partial charge is 0.264 e. The molecule has 0 saturated carbocycles. The van der Waals surface area contributed by atoms with Gasteiger partial charge < -0.3 is 10.1 Å². The molecule has 8 heteroatoms. The third-order valence-corrected chi connectivity index (χ3v) is 6.82. The number of nitrogens with zero attached hydrogens (tertiary/aromatic N) is 1. The molecule has 1 N–H and O–H groups in total. The molecule has 1 amide bonds. The highest BCUT2D eigenvalue weighted by Gasteiger charge is 2.28. The van der Waals surface area contributed by atoms with Crippen molar-refractivity contribution in [1.82, 2.24) is 5.32 Å². The number of aryl methyl sites for hydroxylation is 1. The third-order valence-electron chi connectivity index (χ3n) is 4.80. The summed E-state index contributed by atoms with van der Waals surface area (Å²) in [6, 6.07) is 20.3. The molecule has 6 nitrogen and oxygen atoms in total. The summed E-state index contributed by atoms with van der Waals surface area (Å²) in [4.78, 5) is 12.8. The van der Waals surface area contributed by atoms with Crippen LogP contribution < -0.4 is 14.4 Å². The average Bonchev–Trinajstić information content (AvgIpc) is 2.78. The van der Waals surface area contributed by atoms with Gasteiger partial charge >= 0.3 is 0 Å². The molecule has 0 radical (unpaired) electrons. The van der Waals surface area contributed by atoms with E-state index < -0.39 is 15.9 Å². The zero-order valence-corrected chi connectivity index (χ0v) is 19.5. The number of hydrogen-bond donors (Lipinski definition) is 1. The molecule has 32 heavy (non-hydrogen) atoms. The van der Waals surface area contributed by atoms with E-state index in [4.69, 9.17) is 16.3 Å². The van der Waals surface area contributed by atoms with Gasteiger partial charge in [0, 0.05) is 11.6 Å². The molecule has 0 aliphatic carbocycles. The van der Waals surface area contributed by atoms with Crippen LogP contribution in [0.3, 0.4) is 0 Å². The zero-order valence-electron chi connectivity index (χ0n) is 17.9. The van der Waals surface area contributed by atoms with E-state index in [0.29, 0.717) is 17.3 Å². The van der Waals surface area contributed by atoms with Crippen molar-refractivity contribution in [3.8, 4) is 5.75 Å². The van der Waals surface area contributed by atoms with Gasteiger partial charge in [-0.3, -0.25) is 9.10 Å². The summed E-state index contributed by atoms with van der Waals surface area (Å²) in [5.41, 5.74) is 2.06. The molecule has 0 unspecified atom stereocenters. The molecule has 0 saturated heterocycles. The number of ether oxygens (including phenoxy) is 1. The lowest BCUT2D eigenvalue weighted by Crippen LogP contribution is -2.41. The van der Waals surface area contributed by atoms with Crippen molar-refractivity contribution in [2.45, 2.75) is 25.3 Å². The number of sulfonamides is 1. The van der Waals surface area contributed by atoms with Crippen LogP contribution in [-0.4, -0.2) is 27.5 Å². The molecular weight excluding hydrogens is 448 g/mol. The van der Waals surface area contributed by atoms with Gasteiger partial charge in [0.2, 0.25) is 5.91 Å². The summed E-state index contributed by atoms with van der Waals surface area (Å²) in [6.45, 7) is 4.21. The predicted molar refractivity (Wildman–Crippen MR) is 127 cm³/mol. The van der Waals surface area contributed by atoms with Gasteiger partial charge in [-0.1, -0.05) is 41.9 Å². The number of rotatable bonds is 9. The van der Waals surface area contributed by atoms with E-state index in [1.807, 2.05) is 37.3 Å². The maximum atomic E-state index is 13.4. The van der Waals surface area contributed by atoms with Crippen LogP contribution in [0.5, 0.6) is 5.75 Å². The van der Waals surface area contributed by atoms with Gasteiger partial charge in [0.1, 0.15) is 12.3 Å². The van der Waals surface area contributed by atoms with Crippen LogP contribution in [0.15, 0.2) is 77.7 Å². The van der Waals surface area contributed by atoms with Gasteiger partial charge in [-0.25, -0.2) is 8.42 Å². The summed E-state index contributed by atoms with van der Waals surface area (Å²) in [5.74, 6) is 0.335. The maximum absolute atomic E-state index is 13.4. The minimum atomic E-state index is -3.99. The first-order valence-electron chi connectivity index (χ1n) is 10.1. The van der Waals surface area contributed by atoms with Crippen molar-refractivity contribution in [2.24, 2.45) is 0 Å². The van der Waals surface area contributed by atoms with Gasteiger partial charge in [-0.15, -0.1) is 0 Å². The highest BCUT2D eigenvalue weighted by atomic mass is 35.5. The number of para-hydroxylation sites is 1. The summed E-state index contributed by atoms with van der Waals surface area (Å²) in [5, 5.41) is 3.23. The number of carbonyl (C=O) groups excluding carboxylic acids is 1. The zero-order chi connectivity index (χ0) is 23.1. The number of benzene rings is 3. The second kappa shape index (κ2) is 10.5. The van der Waals surface area contributed by atoms with E-state index in [1.54, 1.807) is 25.1 Å². The van der Waals surface area contributed by atoms with E-state index >= 15 is 0 Å². The molecule has 0 heterocycles. The van der Waals surface area contributed by atoms with Gasteiger partial charge in [-0.2, -0.15) is 0 Å². The summed E-state index contributed by atoms with van der Waals surface area (Å²) in [6.07, 6.45) is 0. The van der Waals surface area contributed by atoms with Crippen LogP contribution in [0.1, 0.15) is 18.1 Å². The van der Waals surface area contributed by atoms with Crippen molar-refractivity contribution in [3.63, 3.8) is 0 Å². The van der Waals surface area contributed by atoms with Gasteiger partial charge in [0.05, 0.1) is 17.2 Å². The lowest BCUT2D eigenvalue weighted by Gasteiger charge is -2.25. The van der Waals surface area contributed by atoms with Crippen LogP contribution in [0.4, 0.5) is 5.69 Å². The fourth-order valence-corrected chi connectivity index (χ4v) is 4.75. The molecule has 3 aromatic rings. The van der Waals surface area contributed by atoms with E-state index in [2.05, 4.69) is 5.32 Å². The first kappa shape index (κ1) is 23.6. The van der Waals surface area contributed by atoms with E-state index in [1.165, 1.54) is 24.3 Å². The minimum absolute atomic E-state index is 0.0597. The molecule has 0 aromatic heterocycles. The maximum Gasteiger partial charge on any atom is 0.264 e. The summed E-state index contributed by atoms with van der Waals surface area (Å²) < 4.78 is 33.3. The number of carbonyl (C=O) groups is 1. The topological polar surface area (TPSA) is 75.7 Å². The Labute approximate surface area is 193 Å². The Morgan fingerprint density at radius 2 is 1.66 bits per heavy atom. The quantitative estimate of drug-likeness (QED) is 0.495. The lowest BCUT2D eigenvalue weighted by atomic mass is 10.2. The second-order valence-corrected chi connectivity index (χ2v) is 9.40. The Bertz CT molecular complexity index is 1160. The lowest BCUT2D eigenvalue weighted by molar-refractivity contribution is -0.119. The van der Waals surface area contributed by atoms with Gasteiger partial charge in [-0.05, 0) is 67.4 Å². The largest absolute Gasteiger partial charge is 0.494 e. The summed E-state index contributed by atoms with van der Waals surface area (Å²) >= 11 is 5.91. The molecule has 0 aliphatic rings. The number of anilines is 1. The fourth-order valence-electron chi connectivity index (χ4n) is 3.13. The molecule has 0 aliphatic heterocycles. The number of amides is 1. The molecule has 0 atom stereocenters. The van der Waals surface area contributed by atoms with Gasteiger partial charge in [0.15, 0.2) is 0 Å². The molecule has 0 bridgehead atoms. The van der Waals surface area contributed by atoms with Crippen LogP contribution in [0.25, 0.3) is 0 Å². The van der Waals surface area contributed by atoms with Crippen molar-refractivity contribution in [3.05, 3.63) is 88.9 Å². The Balaban J connectivity index is 1.80. The fraction of sp³-hybridized carbons (Fsp3) is 0.208. The molecule has 0 spiro atoms. The number of halogens is 1. The van der Waals surface area contributed by atoms with Crippen LogP contribution >= 0.6 is 11.6 Å². The highest BCUT2D eigenvalue weighted by Crippen LogP contribution is 2.27. The SMILES string of the molecule is CCOc1ccc(CNC(=O)CN(c2ccccc2C)S(=O)(=O)c2ccc(Cl)cc2)cc1. The van der Waals surface area contributed by atoms with E-state index in [0.717, 1.165) is 21.2 Å². The molecule has 0 fully saturated rings. The van der Waals surface area contributed by atoms with Crippen LogP contribution in [-0.2, 0) is 21.4 Å². The first-order valence-corrected chi connectivity index (χ1v) is 12.0. The van der Waals surface area contributed by atoms with E-state index in [9.17, 15) is 13.2 Å². The van der Waals surface area contributed by atoms with Crippen molar-refractivity contribution in [2.75, 3.05) is 17.5 Å². The first-order chi connectivity index (χ1) is 15.3. The van der Waals surface area contributed by atoms with Crippen molar-refractivity contribution < 1.29 is 17.9 Å². The molecule has 168 valence electrons. The second-order valence-electron chi connectivity index (χ2n) is 7.11. The van der Waals surface area contributed by atoms with Gasteiger partial charge in [0.25, 0.3) is 10.0 Å². The normalized spacial score (nSPS) is 11.1. The predicted octanol–water partition coefficient (Wildman–Crippen LogP) is 4.56. The Hall–Kier alpha value is -3.03. The van der Waals surface area contributed by atoms with Crippen LogP contribution in [0, 0.1) is 6.92 Å². The molecule has 3 aromatic carbocycles. The number of nitrogens with one attached hydrogen (secondary N) is 1. The Morgan fingerprint density at radius 1 is 1.00 bits per heavy atom. The standard InChI is InChI=1S/C24H25ClN2O4S/c1-3-31-21-12-8-19(9-13-21)16-26-24(28)17-27(23-7-5-4-6-18(23)2)32(29,30)22-14-10-20(25)11-15-22/h4-15H,3,16-17H2,1-2H3,(H,26,28). The average molecular weight is 473 g/mol. The minimum Gasteiger partial charge on any atom is -0.494 e. The monoisotopic (exact) mass is 472 g/mol. The Morgan fingerprint density at radius 3 is 2.28 bits per heavy atom.